The second-order valence-corrected chi connectivity index (χ2v) is 22.7. The number of guanidine groups is 1. The maximum Gasteiger partial charge on any atom is 0.326 e. The Morgan fingerprint density at radius 3 is 1.81 bits per heavy atom. The van der Waals surface area contributed by atoms with E-state index in [0.717, 1.165) is 6.92 Å². The average molecular weight is 1280 g/mol. The van der Waals surface area contributed by atoms with Crippen molar-refractivity contribution in [3.63, 3.8) is 0 Å². The lowest BCUT2D eigenvalue weighted by Gasteiger charge is -2.31. The van der Waals surface area contributed by atoms with Crippen molar-refractivity contribution in [3.05, 3.63) is 71.9 Å². The summed E-state index contributed by atoms with van der Waals surface area (Å²) in [5, 5.41) is 52.1. The number of fused-ring (bicyclic) bond motifs is 1. The lowest BCUT2D eigenvalue weighted by molar-refractivity contribution is -0.145. The Labute approximate surface area is 527 Å². The number of benzene rings is 2. The van der Waals surface area contributed by atoms with E-state index in [-0.39, 0.29) is 70.5 Å². The van der Waals surface area contributed by atoms with Crippen LogP contribution in [0.25, 0.3) is 10.9 Å². The highest BCUT2D eigenvalue weighted by Gasteiger charge is 2.41. The van der Waals surface area contributed by atoms with Gasteiger partial charge in [0.1, 0.15) is 54.4 Å². The lowest BCUT2D eigenvalue weighted by atomic mass is 9.97. The number of hydrogen-bond acceptors (Lipinski definition) is 17. The number of carbonyl (C=O) groups is 11. The molecule has 0 spiro atoms. The molecule has 12 atom stereocenters. The van der Waals surface area contributed by atoms with Gasteiger partial charge in [0.2, 0.25) is 59.1 Å². The first-order valence-electron chi connectivity index (χ1n) is 30.7. The van der Waals surface area contributed by atoms with Gasteiger partial charge < -0.3 is 102 Å². The fourth-order valence-electron chi connectivity index (χ4n) is 10.3. The van der Waals surface area contributed by atoms with Crippen LogP contribution in [0.15, 0.2) is 65.8 Å². The van der Waals surface area contributed by atoms with E-state index in [9.17, 15) is 68.1 Å². The normalized spacial score (nSPS) is 16.5. The highest BCUT2D eigenvalue weighted by atomic mass is 16.4. The lowest BCUT2D eigenvalue weighted by Crippen LogP contribution is -2.63. The first-order valence-corrected chi connectivity index (χ1v) is 30.7. The Morgan fingerprint density at radius 2 is 1.20 bits per heavy atom. The molecule has 1 aromatic heterocycles. The maximum atomic E-state index is 14.8. The molecule has 31 heteroatoms. The van der Waals surface area contributed by atoms with Crippen molar-refractivity contribution in [1.82, 2.24) is 52.4 Å². The van der Waals surface area contributed by atoms with Crippen LogP contribution in [0.1, 0.15) is 109 Å². The molecule has 10 amide bonds. The number of primary amides is 1. The summed E-state index contributed by atoms with van der Waals surface area (Å²) in [4.78, 5) is 160. The monoisotopic (exact) mass is 1280 g/mol. The van der Waals surface area contributed by atoms with Crippen LogP contribution in [-0.2, 0) is 65.6 Å². The van der Waals surface area contributed by atoms with Crippen molar-refractivity contribution >= 4 is 81.9 Å². The Hall–Kier alpha value is -8.78. The Kier molecular flexibility index (Phi) is 31.2. The predicted molar refractivity (Wildman–Crippen MR) is 336 cm³/mol. The topological polar surface area (TPSA) is 532 Å². The van der Waals surface area contributed by atoms with Gasteiger partial charge in [-0.2, -0.15) is 0 Å². The molecule has 91 heavy (non-hydrogen) atoms. The standard InChI is InChI=1S/C60H93N17O14/c1-4-33(2)48(75-50(81)38(63)19-14-26-67-60(65)66)56(87)74-45(32-78)54(85)76-49(34(3)79)57(88)72-42(28-35-16-6-5-7-17-35)52(83)69-40(21-10-12-24-61)51(82)71-43(30-47(64)80)53(84)73-44(29-36-31-68-39-20-9-8-18-37(36)39)58(89)77-27-15-23-46(77)55(86)70-41(59(90)91)22-11-13-25-62/h5-9,16-18,20,31,33-34,38,40-46,48-49,68,78-79H,4,10-15,19,21-30,32,61-63H2,1-3H3,(H2,64,80)(H,69,83)(H,70,86)(H,71,82)(H,72,88)(H,73,84)(H,74,87)(H,75,81)(H,76,85)(H,90,91)(H4,65,66,67)/t33-,34+,38-,40-,41-,42-,43-,44-,45-,46-,48-,49-/m0/s1. The van der Waals surface area contributed by atoms with E-state index < -0.39 is 151 Å². The van der Waals surface area contributed by atoms with Crippen molar-refractivity contribution < 1.29 is 68.1 Å². The average Bonchev–Trinajstić information content (AvgIpc) is 1.81. The van der Waals surface area contributed by atoms with Crippen molar-refractivity contribution in [2.45, 2.75) is 177 Å². The zero-order chi connectivity index (χ0) is 67.3. The molecule has 502 valence electrons. The number of aliphatic hydroxyl groups excluding tert-OH is 2. The van der Waals surface area contributed by atoms with Crippen molar-refractivity contribution in [2.75, 3.05) is 32.8 Å². The number of carboxylic acid groups (broad SMARTS) is 1. The molecule has 1 fully saturated rings. The molecule has 2 aromatic carbocycles. The molecule has 0 aliphatic carbocycles. The molecule has 0 unspecified atom stereocenters. The summed E-state index contributed by atoms with van der Waals surface area (Å²) in [7, 11) is 0. The number of nitrogens with two attached hydrogens (primary N) is 6. The molecular weight excluding hydrogens is 1180 g/mol. The third-order valence-electron chi connectivity index (χ3n) is 15.6. The summed E-state index contributed by atoms with van der Waals surface area (Å²) in [5.41, 5.74) is 35.7. The number of aromatic amines is 1. The summed E-state index contributed by atoms with van der Waals surface area (Å²) in [5.74, 6) is -11.3. The Morgan fingerprint density at radius 1 is 0.637 bits per heavy atom. The molecule has 0 saturated carbocycles. The van der Waals surface area contributed by atoms with E-state index in [4.69, 9.17) is 34.4 Å². The summed E-state index contributed by atoms with van der Waals surface area (Å²) in [6, 6.07) is 0.848. The van der Waals surface area contributed by atoms with E-state index in [1.165, 1.54) is 4.90 Å². The zero-order valence-electron chi connectivity index (χ0n) is 51.8. The Balaban J connectivity index is 1.59. The molecule has 3 aromatic rings. The molecule has 1 aliphatic rings. The van der Waals surface area contributed by atoms with Crippen LogP contribution in [0.2, 0.25) is 0 Å². The number of unbranched alkanes of at least 4 members (excludes halogenated alkanes) is 2. The van der Waals surface area contributed by atoms with Gasteiger partial charge in [-0.1, -0.05) is 68.8 Å². The number of para-hydroxylation sites is 1. The van der Waals surface area contributed by atoms with Crippen LogP contribution in [0.3, 0.4) is 0 Å². The molecule has 2 heterocycles. The fourth-order valence-corrected chi connectivity index (χ4v) is 10.3. The van der Waals surface area contributed by atoms with Gasteiger partial charge in [-0.05, 0) is 107 Å². The highest BCUT2D eigenvalue weighted by Crippen LogP contribution is 2.24. The van der Waals surface area contributed by atoms with Gasteiger partial charge in [0.15, 0.2) is 5.96 Å². The van der Waals surface area contributed by atoms with Gasteiger partial charge in [0, 0.05) is 43.0 Å². The number of carboxylic acids is 1. The van der Waals surface area contributed by atoms with E-state index in [2.05, 4.69) is 52.5 Å². The number of hydrogen-bond donors (Lipinski definition) is 18. The van der Waals surface area contributed by atoms with Gasteiger partial charge in [-0.15, -0.1) is 0 Å². The van der Waals surface area contributed by atoms with Crippen LogP contribution < -0.4 is 76.9 Å². The smallest absolute Gasteiger partial charge is 0.326 e. The summed E-state index contributed by atoms with van der Waals surface area (Å²) < 4.78 is 0. The van der Waals surface area contributed by atoms with Gasteiger partial charge in [0.25, 0.3) is 0 Å². The van der Waals surface area contributed by atoms with E-state index in [1.807, 2.05) is 0 Å². The minimum Gasteiger partial charge on any atom is -0.480 e. The Bertz CT molecular complexity index is 2960. The van der Waals surface area contributed by atoms with Crippen LogP contribution >= 0.6 is 0 Å². The molecule has 1 aliphatic heterocycles. The number of rotatable bonds is 40. The van der Waals surface area contributed by atoms with Gasteiger partial charge in [0.05, 0.1) is 25.2 Å². The minimum absolute atomic E-state index is 0.0583. The van der Waals surface area contributed by atoms with Crippen LogP contribution in [0, 0.1) is 5.92 Å². The molecule has 0 bridgehead atoms. The number of H-pyrrole nitrogens is 1. The maximum absolute atomic E-state index is 14.8. The van der Waals surface area contributed by atoms with Crippen molar-refractivity contribution in [2.24, 2.45) is 45.3 Å². The van der Waals surface area contributed by atoms with Gasteiger partial charge in [-0.25, -0.2) is 4.79 Å². The number of nitrogens with zero attached hydrogens (tertiary/aromatic N) is 2. The van der Waals surface area contributed by atoms with Crippen LogP contribution in [-0.4, -0.2) is 196 Å². The van der Waals surface area contributed by atoms with E-state index in [0.29, 0.717) is 67.1 Å². The van der Waals surface area contributed by atoms with Gasteiger partial charge in [-0.3, -0.25) is 52.9 Å². The molecule has 4 rings (SSSR count). The second-order valence-electron chi connectivity index (χ2n) is 22.7. The third kappa shape index (κ3) is 23.8. The summed E-state index contributed by atoms with van der Waals surface area (Å²) in [6.07, 6.45) is 1.64. The van der Waals surface area contributed by atoms with Crippen LogP contribution in [0.5, 0.6) is 0 Å². The number of likely N-dealkylation sites (tertiary alicyclic amines) is 1. The number of carbonyl (C=O) groups excluding carboxylic acids is 10. The number of aromatic nitrogens is 1. The first kappa shape index (κ1) is 74.7. The van der Waals surface area contributed by atoms with Crippen molar-refractivity contribution in [1.29, 1.82) is 0 Å². The largest absolute Gasteiger partial charge is 0.480 e. The fraction of sp³-hybridized carbons (Fsp3) is 0.567. The van der Waals surface area contributed by atoms with Crippen LogP contribution in [0.4, 0.5) is 0 Å². The quantitative estimate of drug-likeness (QED) is 0.0146. The minimum atomic E-state index is -1.84. The second kappa shape index (κ2) is 38.0. The van der Waals surface area contributed by atoms with E-state index in [1.54, 1.807) is 74.6 Å². The summed E-state index contributed by atoms with van der Waals surface area (Å²) >= 11 is 0. The first-order chi connectivity index (χ1) is 43.3. The third-order valence-corrected chi connectivity index (χ3v) is 15.6. The number of aliphatic imine (C=N–C) groups is 1. The molecule has 1 saturated heterocycles. The molecule has 24 N–H and O–H groups in total. The molecule has 31 nitrogen and oxygen atoms in total. The number of nitrogens with one attached hydrogen (secondary N) is 9. The highest BCUT2D eigenvalue weighted by molar-refractivity contribution is 6.00. The number of aliphatic hydroxyl groups is 2. The molecular formula is C60H93N17O14. The predicted octanol–water partition coefficient (Wildman–Crippen LogP) is -4.16. The SMILES string of the molecule is CC[C@H](C)[C@H](NC(=O)[C@@H](N)CCCN=C(N)N)C(=O)N[C@@H](CO)C(=O)N[C@H](C(=O)N[C@@H](Cc1ccccc1)C(=O)N[C@@H](CCCCN)C(=O)N[C@@H](CC(N)=O)C(=O)N[C@@H](Cc1c[nH]c2ccccc12)C(=O)N1CCC[C@H]1C(=O)N[C@@H](CCCCN)C(=O)O)[C@@H](C)O. The summed E-state index contributed by atoms with van der Waals surface area (Å²) in [6.45, 7) is 4.31. The van der Waals surface area contributed by atoms with Crippen molar-refractivity contribution in [3.8, 4) is 0 Å². The number of aliphatic carboxylic acids is 1. The van der Waals surface area contributed by atoms with Gasteiger partial charge >= 0.3 is 5.97 Å². The van der Waals surface area contributed by atoms with E-state index >= 15 is 0 Å². The zero-order valence-corrected chi connectivity index (χ0v) is 51.8. The molecule has 0 radical (unpaired) electrons. The number of amides is 10.